The van der Waals surface area contributed by atoms with Crippen LogP contribution >= 0.6 is 11.6 Å². The molecule has 1 heterocycles. The van der Waals surface area contributed by atoms with Gasteiger partial charge in [-0.2, -0.15) is 0 Å². The summed E-state index contributed by atoms with van der Waals surface area (Å²) in [6.45, 7) is 6.57. The summed E-state index contributed by atoms with van der Waals surface area (Å²) < 4.78 is 0. The molecule has 0 spiro atoms. The lowest BCUT2D eigenvalue weighted by molar-refractivity contribution is -0.140. The van der Waals surface area contributed by atoms with Crippen LogP contribution in [0.1, 0.15) is 25.8 Å². The van der Waals surface area contributed by atoms with Gasteiger partial charge in [0.05, 0.1) is 0 Å². The fourth-order valence-electron chi connectivity index (χ4n) is 2.54. The number of rotatable bonds is 2. The molecular weight excluding hydrogens is 276 g/mol. The van der Waals surface area contributed by atoms with Crippen LogP contribution in [0.5, 0.6) is 0 Å². The van der Waals surface area contributed by atoms with E-state index in [0.717, 1.165) is 11.3 Å². The minimum Gasteiger partial charge on any atom is -0.329 e. The molecule has 1 saturated heterocycles. The van der Waals surface area contributed by atoms with E-state index < -0.39 is 6.04 Å². The monoisotopic (exact) mass is 294 g/mol. The molecule has 1 atom stereocenters. The summed E-state index contributed by atoms with van der Waals surface area (Å²) in [6.07, 6.45) is 0.424. The second kappa shape index (κ2) is 5.83. The van der Waals surface area contributed by atoms with E-state index in [1.807, 2.05) is 32.0 Å². The third-order valence-electron chi connectivity index (χ3n) is 3.81. The van der Waals surface area contributed by atoms with Gasteiger partial charge in [-0.25, -0.2) is 0 Å². The summed E-state index contributed by atoms with van der Waals surface area (Å²) in [5.41, 5.74) is 1.72. The van der Waals surface area contributed by atoms with Crippen molar-refractivity contribution < 1.29 is 9.59 Å². The largest absolute Gasteiger partial charge is 0.329 e. The first-order valence-corrected chi connectivity index (χ1v) is 7.21. The highest BCUT2D eigenvalue weighted by Gasteiger charge is 2.34. The lowest BCUT2D eigenvalue weighted by Crippen LogP contribution is -2.57. The zero-order valence-electron chi connectivity index (χ0n) is 12.0. The molecule has 1 aliphatic rings. The maximum atomic E-state index is 12.5. The third kappa shape index (κ3) is 2.52. The molecule has 1 aromatic rings. The van der Waals surface area contributed by atoms with Crippen LogP contribution in [-0.2, 0) is 9.59 Å². The van der Waals surface area contributed by atoms with Crippen LogP contribution in [0.2, 0.25) is 5.02 Å². The first kappa shape index (κ1) is 14.9. The minimum absolute atomic E-state index is 0.0216. The van der Waals surface area contributed by atoms with Crippen molar-refractivity contribution in [2.75, 3.05) is 18.0 Å². The van der Waals surface area contributed by atoms with Gasteiger partial charge in [-0.3, -0.25) is 9.59 Å². The lowest BCUT2D eigenvalue weighted by atomic mass is 10.1. The Kier molecular flexibility index (Phi) is 4.33. The summed E-state index contributed by atoms with van der Waals surface area (Å²) in [6, 6.07) is 5.12. The fraction of sp³-hybridized carbons (Fsp3) is 0.467. The molecule has 4 nitrogen and oxygen atoms in total. The van der Waals surface area contributed by atoms with Gasteiger partial charge in [0, 0.05) is 30.2 Å². The van der Waals surface area contributed by atoms with Crippen LogP contribution in [0.3, 0.4) is 0 Å². The molecule has 0 radical (unpaired) electrons. The van der Waals surface area contributed by atoms with Gasteiger partial charge in [0.1, 0.15) is 6.04 Å². The smallest absolute Gasteiger partial charge is 0.249 e. The quantitative estimate of drug-likeness (QED) is 0.841. The number of halogens is 1. The summed E-state index contributed by atoms with van der Waals surface area (Å²) in [5.74, 6) is -0.0308. The highest BCUT2D eigenvalue weighted by molar-refractivity contribution is 6.31. The minimum atomic E-state index is -0.422. The van der Waals surface area contributed by atoms with Crippen molar-refractivity contribution in [2.24, 2.45) is 0 Å². The molecule has 108 valence electrons. The van der Waals surface area contributed by atoms with Crippen molar-refractivity contribution >= 4 is 29.1 Å². The normalized spacial score (nSPS) is 19.4. The van der Waals surface area contributed by atoms with Crippen molar-refractivity contribution in [3.8, 4) is 0 Å². The second-order valence-corrected chi connectivity index (χ2v) is 5.40. The molecule has 1 fully saturated rings. The number of hydrogen-bond acceptors (Lipinski definition) is 2. The van der Waals surface area contributed by atoms with Gasteiger partial charge in [0.15, 0.2) is 0 Å². The maximum Gasteiger partial charge on any atom is 0.249 e. The summed E-state index contributed by atoms with van der Waals surface area (Å²) in [7, 11) is 0. The Balaban J connectivity index is 2.27. The molecule has 0 bridgehead atoms. The van der Waals surface area contributed by atoms with Crippen LogP contribution in [0.15, 0.2) is 18.2 Å². The molecule has 2 amide bonds. The van der Waals surface area contributed by atoms with Crippen LogP contribution in [-0.4, -0.2) is 35.8 Å². The zero-order valence-corrected chi connectivity index (χ0v) is 12.8. The van der Waals surface area contributed by atoms with Crippen molar-refractivity contribution in [1.82, 2.24) is 4.90 Å². The molecule has 5 heteroatoms. The average molecular weight is 295 g/mol. The van der Waals surface area contributed by atoms with E-state index in [1.54, 1.807) is 16.7 Å². The van der Waals surface area contributed by atoms with Crippen LogP contribution < -0.4 is 4.90 Å². The standard InChI is InChI=1S/C15H19ClN2O2/c1-4-14(19)17-8-9-18(15(20)11(17)3)13-7-5-6-12(16)10(13)2/h5-7,11H,4,8-9H2,1-3H3. The van der Waals surface area contributed by atoms with Crippen molar-refractivity contribution in [3.63, 3.8) is 0 Å². The van der Waals surface area contributed by atoms with Crippen molar-refractivity contribution in [2.45, 2.75) is 33.2 Å². The second-order valence-electron chi connectivity index (χ2n) is 4.99. The third-order valence-corrected chi connectivity index (χ3v) is 4.22. The highest BCUT2D eigenvalue weighted by atomic mass is 35.5. The van der Waals surface area contributed by atoms with E-state index in [2.05, 4.69) is 0 Å². The summed E-state index contributed by atoms with van der Waals surface area (Å²) in [4.78, 5) is 27.7. The van der Waals surface area contributed by atoms with Gasteiger partial charge >= 0.3 is 0 Å². The van der Waals surface area contributed by atoms with E-state index >= 15 is 0 Å². The number of amides is 2. The van der Waals surface area contributed by atoms with Crippen LogP contribution in [0.4, 0.5) is 5.69 Å². The average Bonchev–Trinajstić information content (AvgIpc) is 2.44. The van der Waals surface area contributed by atoms with Crippen molar-refractivity contribution in [1.29, 1.82) is 0 Å². The number of nitrogens with zero attached hydrogens (tertiary/aromatic N) is 2. The molecule has 0 aromatic heterocycles. The van der Waals surface area contributed by atoms with Gasteiger partial charge in [0.25, 0.3) is 0 Å². The molecule has 1 aliphatic heterocycles. The highest BCUT2D eigenvalue weighted by Crippen LogP contribution is 2.28. The Bertz CT molecular complexity index is 545. The maximum absolute atomic E-state index is 12.5. The van der Waals surface area contributed by atoms with Gasteiger partial charge in [0.2, 0.25) is 11.8 Å². The molecule has 20 heavy (non-hydrogen) atoms. The Hall–Kier alpha value is -1.55. The van der Waals surface area contributed by atoms with Crippen LogP contribution in [0.25, 0.3) is 0 Å². The number of benzene rings is 1. The van der Waals surface area contributed by atoms with Gasteiger partial charge in [-0.05, 0) is 31.5 Å². The van der Waals surface area contributed by atoms with Crippen LogP contribution in [0, 0.1) is 6.92 Å². The molecule has 0 N–H and O–H groups in total. The van der Waals surface area contributed by atoms with Gasteiger partial charge in [-0.1, -0.05) is 24.6 Å². The molecule has 1 aromatic carbocycles. The number of carbonyl (C=O) groups excluding carboxylic acids is 2. The SMILES string of the molecule is CCC(=O)N1CCN(c2cccc(Cl)c2C)C(=O)C1C. The van der Waals surface area contributed by atoms with E-state index in [1.165, 1.54) is 0 Å². The number of carbonyl (C=O) groups is 2. The molecular formula is C15H19ClN2O2. The predicted molar refractivity (Wildman–Crippen MR) is 80.0 cm³/mol. The molecule has 0 aliphatic carbocycles. The number of hydrogen-bond donors (Lipinski definition) is 0. The molecule has 1 unspecified atom stereocenters. The zero-order chi connectivity index (χ0) is 14.9. The first-order chi connectivity index (χ1) is 9.47. The Morgan fingerprint density at radius 3 is 2.75 bits per heavy atom. The Morgan fingerprint density at radius 2 is 2.10 bits per heavy atom. The van der Waals surface area contributed by atoms with E-state index in [4.69, 9.17) is 11.6 Å². The number of anilines is 1. The van der Waals surface area contributed by atoms with E-state index in [0.29, 0.717) is 24.5 Å². The van der Waals surface area contributed by atoms with E-state index in [-0.39, 0.29) is 11.8 Å². The summed E-state index contributed by atoms with van der Waals surface area (Å²) in [5, 5.41) is 0.648. The lowest BCUT2D eigenvalue weighted by Gasteiger charge is -2.39. The molecule has 2 rings (SSSR count). The van der Waals surface area contributed by atoms with E-state index in [9.17, 15) is 9.59 Å². The van der Waals surface area contributed by atoms with Gasteiger partial charge in [-0.15, -0.1) is 0 Å². The topological polar surface area (TPSA) is 40.6 Å². The Morgan fingerprint density at radius 1 is 1.40 bits per heavy atom. The van der Waals surface area contributed by atoms with Crippen molar-refractivity contribution in [3.05, 3.63) is 28.8 Å². The first-order valence-electron chi connectivity index (χ1n) is 6.83. The van der Waals surface area contributed by atoms with Gasteiger partial charge < -0.3 is 9.80 Å². The number of piperazine rings is 1. The predicted octanol–water partition coefficient (Wildman–Crippen LogP) is 2.62. The Labute approximate surface area is 124 Å². The fourth-order valence-corrected chi connectivity index (χ4v) is 2.71. The molecule has 0 saturated carbocycles. The summed E-state index contributed by atoms with van der Waals surface area (Å²) >= 11 is 6.12.